The van der Waals surface area contributed by atoms with Gasteiger partial charge in [-0.3, -0.25) is 4.79 Å². The molecule has 0 bridgehead atoms. The summed E-state index contributed by atoms with van der Waals surface area (Å²) in [4.78, 5) is 17.9. The minimum Gasteiger partial charge on any atom is -0.497 e. The van der Waals surface area contributed by atoms with Gasteiger partial charge in [-0.05, 0) is 54.8 Å². The number of nitrogens with zero attached hydrogens (tertiary/aromatic N) is 2. The van der Waals surface area contributed by atoms with Crippen LogP contribution >= 0.6 is 11.3 Å². The molecule has 1 unspecified atom stereocenters. The molecule has 6 nitrogen and oxygen atoms in total. The Balaban J connectivity index is 1.50. The molecular weight excluding hydrogens is 470 g/mol. The van der Waals surface area contributed by atoms with Gasteiger partial charge in [-0.1, -0.05) is 33.1 Å². The number of hydrogen-bond donors (Lipinski definition) is 1. The topological polar surface area (TPSA) is 69.3 Å². The largest absolute Gasteiger partial charge is 0.497 e. The Hall–Kier alpha value is -3.32. The van der Waals surface area contributed by atoms with Crippen molar-refractivity contribution >= 4 is 17.2 Å². The van der Waals surface area contributed by atoms with Gasteiger partial charge in [-0.2, -0.15) is 0 Å². The van der Waals surface area contributed by atoms with E-state index >= 15 is 0 Å². The fourth-order valence-electron chi connectivity index (χ4n) is 4.27. The van der Waals surface area contributed by atoms with Crippen molar-refractivity contribution in [3.8, 4) is 16.3 Å². The smallest absolute Gasteiger partial charge is 0.252 e. The maximum atomic E-state index is 13.0. The highest BCUT2D eigenvalue weighted by atomic mass is 32.1. The zero-order chi connectivity index (χ0) is 25.3. The van der Waals surface area contributed by atoms with Crippen LogP contribution < -0.4 is 10.1 Å². The van der Waals surface area contributed by atoms with E-state index in [0.29, 0.717) is 31.0 Å². The molecule has 0 saturated heterocycles. The second kappa shape index (κ2) is 12.6. The fraction of sp³-hybridized carbons (Fsp3) is 0.379. The van der Waals surface area contributed by atoms with Gasteiger partial charge in [0.05, 0.1) is 31.2 Å². The van der Waals surface area contributed by atoms with E-state index in [4.69, 9.17) is 14.1 Å². The molecule has 1 atom stereocenters. The maximum absolute atomic E-state index is 13.0. The summed E-state index contributed by atoms with van der Waals surface area (Å²) in [5, 5.41) is 6.21. The standard InChI is InChI=1S/C29H35N3O3S/c1-4-6-8-21(5-2)17-30-28(33)23-15-25(32(18-23)19-27-9-7-14-35-27)16-24-20-36-29(31-24)22-10-12-26(34-3)13-11-22/h7,9-15,18,20-21H,4-6,8,16-17,19H2,1-3H3,(H,30,33). The van der Waals surface area contributed by atoms with Gasteiger partial charge in [0.1, 0.15) is 16.5 Å². The summed E-state index contributed by atoms with van der Waals surface area (Å²) < 4.78 is 12.9. The molecule has 0 aliphatic heterocycles. The quantitative estimate of drug-likeness (QED) is 0.217. The van der Waals surface area contributed by atoms with Gasteiger partial charge in [-0.15, -0.1) is 11.3 Å². The number of nitrogens with one attached hydrogen (secondary N) is 1. The molecule has 36 heavy (non-hydrogen) atoms. The summed E-state index contributed by atoms with van der Waals surface area (Å²) in [5.41, 5.74) is 3.74. The van der Waals surface area contributed by atoms with Gasteiger partial charge in [0.15, 0.2) is 0 Å². The molecule has 0 aliphatic rings. The number of unbranched alkanes of at least 4 members (excludes halogenated alkanes) is 1. The predicted octanol–water partition coefficient (Wildman–Crippen LogP) is 6.80. The lowest BCUT2D eigenvalue weighted by atomic mass is 9.99. The van der Waals surface area contributed by atoms with Crippen molar-refractivity contribution in [2.24, 2.45) is 5.92 Å². The third-order valence-corrected chi connectivity index (χ3v) is 7.44. The number of amides is 1. The minimum absolute atomic E-state index is 0.0263. The van der Waals surface area contributed by atoms with E-state index < -0.39 is 0 Å². The number of ether oxygens (including phenoxy) is 1. The molecule has 1 amide bonds. The van der Waals surface area contributed by atoms with Gasteiger partial charge in [0, 0.05) is 35.8 Å². The zero-order valence-electron chi connectivity index (χ0n) is 21.3. The van der Waals surface area contributed by atoms with Crippen molar-refractivity contribution < 1.29 is 13.9 Å². The summed E-state index contributed by atoms with van der Waals surface area (Å²) in [6, 6.07) is 13.8. The summed E-state index contributed by atoms with van der Waals surface area (Å²) in [6.45, 7) is 5.68. The summed E-state index contributed by atoms with van der Waals surface area (Å²) >= 11 is 1.62. The first-order valence-electron chi connectivity index (χ1n) is 12.7. The number of furan rings is 1. The highest BCUT2D eigenvalue weighted by molar-refractivity contribution is 7.13. The second-order valence-corrected chi connectivity index (χ2v) is 9.96. The van der Waals surface area contributed by atoms with Crippen molar-refractivity contribution in [3.05, 3.63) is 83.0 Å². The van der Waals surface area contributed by atoms with E-state index in [1.54, 1.807) is 24.7 Å². The van der Waals surface area contributed by atoms with E-state index in [0.717, 1.165) is 46.3 Å². The minimum atomic E-state index is -0.0263. The summed E-state index contributed by atoms with van der Waals surface area (Å²) in [6.07, 6.45) is 8.84. The Kier molecular flexibility index (Phi) is 9.01. The van der Waals surface area contributed by atoms with Gasteiger partial charge < -0.3 is 19.0 Å². The first-order valence-corrected chi connectivity index (χ1v) is 13.6. The van der Waals surface area contributed by atoms with Crippen LogP contribution in [0.4, 0.5) is 0 Å². The lowest BCUT2D eigenvalue weighted by molar-refractivity contribution is 0.0945. The molecule has 0 fully saturated rings. The molecule has 190 valence electrons. The van der Waals surface area contributed by atoms with Gasteiger partial charge in [-0.25, -0.2) is 4.98 Å². The predicted molar refractivity (Wildman–Crippen MR) is 145 cm³/mol. The van der Waals surface area contributed by atoms with Gasteiger partial charge in [0.2, 0.25) is 0 Å². The number of aromatic nitrogens is 2. The number of carbonyl (C=O) groups is 1. The maximum Gasteiger partial charge on any atom is 0.252 e. The van der Waals surface area contributed by atoms with Crippen LogP contribution in [0.2, 0.25) is 0 Å². The fourth-order valence-corrected chi connectivity index (χ4v) is 5.09. The summed E-state index contributed by atoms with van der Waals surface area (Å²) in [7, 11) is 1.66. The molecule has 1 aromatic carbocycles. The van der Waals surface area contributed by atoms with Crippen LogP contribution in [0.25, 0.3) is 10.6 Å². The van der Waals surface area contributed by atoms with Crippen LogP contribution in [0, 0.1) is 5.92 Å². The normalized spacial score (nSPS) is 12.0. The molecule has 4 rings (SSSR count). The molecule has 4 aromatic rings. The molecule has 0 saturated carbocycles. The Morgan fingerprint density at radius 1 is 1.22 bits per heavy atom. The highest BCUT2D eigenvalue weighted by Crippen LogP contribution is 2.27. The van der Waals surface area contributed by atoms with Crippen LogP contribution in [0.1, 0.15) is 67.0 Å². The number of thiazole rings is 1. The van der Waals surface area contributed by atoms with Crippen LogP contribution in [0.5, 0.6) is 5.75 Å². The van der Waals surface area contributed by atoms with Crippen molar-refractivity contribution in [1.82, 2.24) is 14.9 Å². The Morgan fingerprint density at radius 3 is 2.75 bits per heavy atom. The van der Waals surface area contributed by atoms with Crippen LogP contribution in [-0.4, -0.2) is 29.1 Å². The molecule has 0 aliphatic carbocycles. The van der Waals surface area contributed by atoms with E-state index in [-0.39, 0.29) is 5.91 Å². The van der Waals surface area contributed by atoms with E-state index in [1.807, 2.05) is 48.7 Å². The average molecular weight is 506 g/mol. The van der Waals surface area contributed by atoms with Crippen LogP contribution in [0.3, 0.4) is 0 Å². The van der Waals surface area contributed by atoms with Crippen LogP contribution in [-0.2, 0) is 13.0 Å². The Labute approximate surface area is 217 Å². The first kappa shape index (κ1) is 25.8. The Bertz CT molecular complexity index is 1230. The molecule has 0 radical (unpaired) electrons. The molecule has 7 heteroatoms. The highest BCUT2D eigenvalue weighted by Gasteiger charge is 2.16. The van der Waals surface area contributed by atoms with E-state index in [1.165, 1.54) is 12.8 Å². The molecule has 3 aromatic heterocycles. The van der Waals surface area contributed by atoms with Crippen molar-refractivity contribution in [1.29, 1.82) is 0 Å². The van der Waals surface area contributed by atoms with Crippen LogP contribution in [0.15, 0.2) is 64.7 Å². The zero-order valence-corrected chi connectivity index (χ0v) is 22.1. The third kappa shape index (κ3) is 6.66. The number of rotatable bonds is 13. The van der Waals surface area contributed by atoms with Gasteiger partial charge in [0.25, 0.3) is 5.91 Å². The number of carbonyl (C=O) groups excluding carboxylic acids is 1. The number of methoxy groups -OCH3 is 1. The Morgan fingerprint density at radius 2 is 2.06 bits per heavy atom. The number of benzene rings is 1. The molecule has 3 heterocycles. The average Bonchev–Trinajstić information content (AvgIpc) is 3.67. The third-order valence-electron chi connectivity index (χ3n) is 6.50. The van der Waals surface area contributed by atoms with E-state index in [9.17, 15) is 4.79 Å². The SMILES string of the molecule is CCCCC(CC)CNC(=O)c1cc(Cc2csc(-c3ccc(OC)cc3)n2)n(Cc2ccco2)c1. The lowest BCUT2D eigenvalue weighted by Gasteiger charge is -2.14. The first-order chi connectivity index (χ1) is 17.6. The second-order valence-electron chi connectivity index (χ2n) is 9.10. The monoisotopic (exact) mass is 505 g/mol. The molecular formula is C29H35N3O3S. The van der Waals surface area contributed by atoms with Gasteiger partial charge >= 0.3 is 0 Å². The van der Waals surface area contributed by atoms with Crippen molar-refractivity contribution in [3.63, 3.8) is 0 Å². The van der Waals surface area contributed by atoms with Crippen molar-refractivity contribution in [2.75, 3.05) is 13.7 Å². The molecule has 1 N–H and O–H groups in total. The van der Waals surface area contributed by atoms with Crippen molar-refractivity contribution in [2.45, 2.75) is 52.5 Å². The summed E-state index contributed by atoms with van der Waals surface area (Å²) in [5.74, 6) is 2.17. The van der Waals surface area contributed by atoms with E-state index in [2.05, 4.69) is 29.1 Å². The number of hydrogen-bond acceptors (Lipinski definition) is 5. The molecule has 0 spiro atoms. The lowest BCUT2D eigenvalue weighted by Crippen LogP contribution is -2.28.